The Bertz CT molecular complexity index is 606. The van der Waals surface area contributed by atoms with Crippen LogP contribution in [0.3, 0.4) is 0 Å². The number of nitrogens with zero attached hydrogens (tertiary/aromatic N) is 2. The lowest BCUT2D eigenvalue weighted by atomic mass is 10.1. The fourth-order valence-electron chi connectivity index (χ4n) is 2.73. The number of methoxy groups -OCH3 is 1. The first-order valence-corrected chi connectivity index (χ1v) is 7.67. The molecule has 0 radical (unpaired) electrons. The number of piperazine rings is 1. The Morgan fingerprint density at radius 1 is 1.25 bits per heavy atom. The second-order valence-corrected chi connectivity index (χ2v) is 5.63. The van der Waals surface area contributed by atoms with Crippen LogP contribution in [0.2, 0.25) is 0 Å². The van der Waals surface area contributed by atoms with Crippen molar-refractivity contribution in [2.75, 3.05) is 33.4 Å². The van der Waals surface area contributed by atoms with E-state index in [1.165, 1.54) is 9.80 Å². The third-order valence-electron chi connectivity index (χ3n) is 4.10. The predicted molar refractivity (Wildman–Crippen MR) is 86.0 cm³/mol. The van der Waals surface area contributed by atoms with Crippen molar-refractivity contribution in [3.8, 4) is 11.5 Å². The lowest BCUT2D eigenvalue weighted by Crippen LogP contribution is -2.56. The van der Waals surface area contributed by atoms with Gasteiger partial charge in [0.1, 0.15) is 11.5 Å². The van der Waals surface area contributed by atoms with Crippen LogP contribution in [0.25, 0.3) is 0 Å². The molecular weight excluding hydrogens is 316 g/mol. The molecule has 2 N–H and O–H groups in total. The Balaban J connectivity index is 1.94. The molecule has 132 valence electrons. The first-order chi connectivity index (χ1) is 11.4. The fourth-order valence-corrected chi connectivity index (χ4v) is 2.73. The van der Waals surface area contributed by atoms with E-state index in [4.69, 9.17) is 14.6 Å². The fraction of sp³-hybridized carbons (Fsp3) is 0.500. The van der Waals surface area contributed by atoms with Crippen LogP contribution in [0, 0.1) is 6.92 Å². The Labute approximate surface area is 140 Å². The van der Waals surface area contributed by atoms with E-state index in [1.807, 2.05) is 19.1 Å². The van der Waals surface area contributed by atoms with Crippen molar-refractivity contribution in [2.24, 2.45) is 0 Å². The van der Waals surface area contributed by atoms with Gasteiger partial charge in [-0.3, -0.25) is 0 Å². The van der Waals surface area contributed by atoms with Gasteiger partial charge in [-0.1, -0.05) is 6.07 Å². The molecule has 1 aliphatic rings. The quantitative estimate of drug-likeness (QED) is 0.853. The third kappa shape index (κ3) is 4.21. The molecule has 0 spiro atoms. The van der Waals surface area contributed by atoms with Crippen LogP contribution in [0.15, 0.2) is 18.2 Å². The first kappa shape index (κ1) is 17.7. The highest BCUT2D eigenvalue weighted by molar-refractivity contribution is 5.68. The van der Waals surface area contributed by atoms with Crippen LogP contribution < -0.4 is 9.47 Å². The Morgan fingerprint density at radius 2 is 2.00 bits per heavy atom. The summed E-state index contributed by atoms with van der Waals surface area (Å²) in [5.41, 5.74) is 0.992. The minimum atomic E-state index is -1.04. The average Bonchev–Trinajstić information content (AvgIpc) is 2.56. The summed E-state index contributed by atoms with van der Waals surface area (Å²) in [5.74, 6) is 1.35. The summed E-state index contributed by atoms with van der Waals surface area (Å²) in [5, 5.41) is 18.3. The predicted octanol–water partition coefficient (Wildman–Crippen LogP) is 2.11. The van der Waals surface area contributed by atoms with Gasteiger partial charge >= 0.3 is 12.2 Å². The molecule has 0 bridgehead atoms. The molecule has 8 nitrogen and oxygen atoms in total. The first-order valence-electron chi connectivity index (χ1n) is 7.67. The maximum atomic E-state index is 11.3. The minimum Gasteiger partial charge on any atom is -0.496 e. The van der Waals surface area contributed by atoms with Gasteiger partial charge in [-0.05, 0) is 18.6 Å². The van der Waals surface area contributed by atoms with E-state index in [9.17, 15) is 14.7 Å². The van der Waals surface area contributed by atoms with E-state index in [1.54, 1.807) is 13.2 Å². The normalized spacial score (nSPS) is 17.5. The Hall–Kier alpha value is -2.64. The van der Waals surface area contributed by atoms with Crippen molar-refractivity contribution in [3.63, 3.8) is 0 Å². The van der Waals surface area contributed by atoms with Gasteiger partial charge in [-0.15, -0.1) is 0 Å². The zero-order chi connectivity index (χ0) is 17.7. The van der Waals surface area contributed by atoms with Gasteiger partial charge < -0.3 is 29.5 Å². The second kappa shape index (κ2) is 7.76. The SMILES string of the molecule is COc1cc(OCC[C@@H]2CN(C(=O)O)CCN2C(=O)O)ccc1C. The van der Waals surface area contributed by atoms with Crippen LogP contribution in [0.1, 0.15) is 12.0 Å². The molecule has 1 aromatic carbocycles. The number of carbonyl (C=O) groups is 2. The number of aryl methyl sites for hydroxylation is 1. The number of benzene rings is 1. The molecule has 0 unspecified atom stereocenters. The van der Waals surface area contributed by atoms with Crippen LogP contribution in [0.5, 0.6) is 11.5 Å². The van der Waals surface area contributed by atoms with Crippen molar-refractivity contribution in [1.29, 1.82) is 0 Å². The van der Waals surface area contributed by atoms with E-state index in [0.717, 1.165) is 11.3 Å². The largest absolute Gasteiger partial charge is 0.496 e. The number of rotatable bonds is 5. The standard InChI is InChI=1S/C16H22N2O6/c1-11-3-4-13(9-14(11)23-2)24-8-5-12-10-17(15(19)20)6-7-18(12)16(21)22/h3-4,9,12H,5-8,10H2,1-2H3,(H,19,20)(H,21,22)/t12-/m1/s1. The van der Waals surface area contributed by atoms with E-state index < -0.39 is 18.2 Å². The summed E-state index contributed by atoms with van der Waals surface area (Å²) in [6, 6.07) is 5.05. The zero-order valence-corrected chi connectivity index (χ0v) is 13.8. The molecule has 1 heterocycles. The summed E-state index contributed by atoms with van der Waals surface area (Å²) >= 11 is 0. The minimum absolute atomic E-state index is 0.155. The molecule has 1 atom stereocenters. The Morgan fingerprint density at radius 3 is 2.62 bits per heavy atom. The van der Waals surface area contributed by atoms with E-state index in [2.05, 4.69) is 0 Å². The molecule has 1 aromatic rings. The molecule has 2 amide bonds. The van der Waals surface area contributed by atoms with Crippen LogP contribution in [0.4, 0.5) is 9.59 Å². The molecule has 0 aromatic heterocycles. The van der Waals surface area contributed by atoms with Gasteiger partial charge in [-0.25, -0.2) is 9.59 Å². The molecule has 0 aliphatic carbocycles. The summed E-state index contributed by atoms with van der Waals surface area (Å²) < 4.78 is 10.9. The van der Waals surface area contributed by atoms with Gasteiger partial charge in [0.2, 0.25) is 0 Å². The molecule has 0 saturated carbocycles. The van der Waals surface area contributed by atoms with Gasteiger partial charge in [0.25, 0.3) is 0 Å². The number of hydrogen-bond donors (Lipinski definition) is 2. The number of amides is 2. The van der Waals surface area contributed by atoms with Crippen LogP contribution in [-0.2, 0) is 0 Å². The highest BCUT2D eigenvalue weighted by atomic mass is 16.5. The van der Waals surface area contributed by atoms with Crippen molar-refractivity contribution in [3.05, 3.63) is 23.8 Å². The third-order valence-corrected chi connectivity index (χ3v) is 4.10. The zero-order valence-electron chi connectivity index (χ0n) is 13.8. The highest BCUT2D eigenvalue weighted by Gasteiger charge is 2.32. The number of hydrogen-bond acceptors (Lipinski definition) is 4. The van der Waals surface area contributed by atoms with E-state index in [-0.39, 0.29) is 26.2 Å². The number of carboxylic acid groups (broad SMARTS) is 2. The van der Waals surface area contributed by atoms with Crippen LogP contribution >= 0.6 is 0 Å². The van der Waals surface area contributed by atoms with Crippen molar-refractivity contribution in [1.82, 2.24) is 9.80 Å². The summed E-state index contributed by atoms with van der Waals surface area (Å²) in [7, 11) is 1.58. The summed E-state index contributed by atoms with van der Waals surface area (Å²) in [6.07, 6.45) is -1.66. The van der Waals surface area contributed by atoms with Crippen LogP contribution in [-0.4, -0.2) is 71.6 Å². The molecule has 1 fully saturated rings. The van der Waals surface area contributed by atoms with Crippen molar-refractivity contribution < 1.29 is 29.3 Å². The molecular formula is C16H22N2O6. The molecule has 8 heteroatoms. The maximum Gasteiger partial charge on any atom is 0.407 e. The highest BCUT2D eigenvalue weighted by Crippen LogP contribution is 2.24. The molecule has 2 rings (SSSR count). The monoisotopic (exact) mass is 338 g/mol. The van der Waals surface area contributed by atoms with E-state index >= 15 is 0 Å². The summed E-state index contributed by atoms with van der Waals surface area (Å²) in [6.45, 7) is 2.73. The Kier molecular flexibility index (Phi) is 5.73. The smallest absolute Gasteiger partial charge is 0.407 e. The molecule has 24 heavy (non-hydrogen) atoms. The maximum absolute atomic E-state index is 11.3. The van der Waals surface area contributed by atoms with Gasteiger partial charge in [0.05, 0.1) is 19.8 Å². The topological polar surface area (TPSA) is 99.5 Å². The van der Waals surface area contributed by atoms with Gasteiger partial charge in [-0.2, -0.15) is 0 Å². The van der Waals surface area contributed by atoms with Crippen molar-refractivity contribution in [2.45, 2.75) is 19.4 Å². The molecule has 1 saturated heterocycles. The lowest BCUT2D eigenvalue weighted by Gasteiger charge is -2.38. The van der Waals surface area contributed by atoms with Gasteiger partial charge in [0.15, 0.2) is 0 Å². The number of ether oxygens (including phenoxy) is 2. The van der Waals surface area contributed by atoms with Gasteiger partial charge in [0, 0.05) is 32.1 Å². The van der Waals surface area contributed by atoms with Crippen molar-refractivity contribution >= 4 is 12.2 Å². The molecule has 1 aliphatic heterocycles. The average molecular weight is 338 g/mol. The lowest BCUT2D eigenvalue weighted by molar-refractivity contribution is 0.0562. The summed E-state index contributed by atoms with van der Waals surface area (Å²) in [4.78, 5) is 24.9. The van der Waals surface area contributed by atoms with E-state index in [0.29, 0.717) is 12.2 Å². The second-order valence-electron chi connectivity index (χ2n) is 5.63.